The monoisotopic (exact) mass is 304 g/mol. The molecule has 2 aromatic carbocycles. The van der Waals surface area contributed by atoms with Crippen LogP contribution in [0.3, 0.4) is 0 Å². The third-order valence-corrected chi connectivity index (χ3v) is 4.07. The Kier molecular flexibility index (Phi) is 4.24. The fourth-order valence-electron chi connectivity index (χ4n) is 1.90. The molecule has 2 aromatic rings. The van der Waals surface area contributed by atoms with E-state index in [1.165, 1.54) is 12.1 Å². The maximum atomic E-state index is 13.4. The van der Waals surface area contributed by atoms with Crippen LogP contribution in [-0.4, -0.2) is 14.7 Å². The van der Waals surface area contributed by atoms with Crippen LogP contribution < -0.4 is 4.31 Å². The summed E-state index contributed by atoms with van der Waals surface area (Å²) in [5.41, 5.74) is 0.874. The lowest BCUT2D eigenvalue weighted by molar-refractivity contribution is 0.595. The SMILES string of the molecule is CS(=O)(=O)N(Cc1ccccc1)c1ccc(F)c(C#N)c1. The zero-order valence-electron chi connectivity index (χ0n) is 11.3. The normalized spacial score (nSPS) is 10.9. The Labute approximate surface area is 123 Å². The number of sulfonamides is 1. The number of halogens is 1. The molecule has 0 unspecified atom stereocenters. The lowest BCUT2D eigenvalue weighted by atomic mass is 10.2. The van der Waals surface area contributed by atoms with E-state index in [0.717, 1.165) is 22.2 Å². The molecule has 0 aliphatic rings. The van der Waals surface area contributed by atoms with Gasteiger partial charge in [-0.3, -0.25) is 4.31 Å². The number of nitrogens with zero attached hydrogens (tertiary/aromatic N) is 2. The van der Waals surface area contributed by atoms with Crippen LogP contribution in [-0.2, 0) is 16.6 Å². The van der Waals surface area contributed by atoms with Crippen LogP contribution in [0.25, 0.3) is 0 Å². The molecule has 0 atom stereocenters. The van der Waals surface area contributed by atoms with E-state index in [9.17, 15) is 12.8 Å². The number of hydrogen-bond acceptors (Lipinski definition) is 3. The molecule has 0 N–H and O–H groups in total. The molecule has 6 heteroatoms. The maximum absolute atomic E-state index is 13.4. The minimum absolute atomic E-state index is 0.121. The first-order chi connectivity index (χ1) is 9.91. The van der Waals surface area contributed by atoms with Crippen molar-refractivity contribution in [3.8, 4) is 6.07 Å². The molecule has 0 saturated carbocycles. The average Bonchev–Trinajstić information content (AvgIpc) is 2.45. The molecule has 0 aliphatic carbocycles. The number of nitriles is 1. The fraction of sp³-hybridized carbons (Fsp3) is 0.133. The van der Waals surface area contributed by atoms with Crippen molar-refractivity contribution in [2.24, 2.45) is 0 Å². The Morgan fingerprint density at radius 3 is 2.43 bits per heavy atom. The molecular weight excluding hydrogens is 291 g/mol. The van der Waals surface area contributed by atoms with Gasteiger partial charge in [-0.25, -0.2) is 12.8 Å². The molecule has 0 aliphatic heterocycles. The largest absolute Gasteiger partial charge is 0.266 e. The number of rotatable bonds is 4. The van der Waals surface area contributed by atoms with Crippen molar-refractivity contribution in [2.75, 3.05) is 10.6 Å². The minimum Gasteiger partial charge on any atom is -0.266 e. The molecule has 0 aromatic heterocycles. The van der Waals surface area contributed by atoms with E-state index in [0.29, 0.717) is 0 Å². The first kappa shape index (κ1) is 15.0. The van der Waals surface area contributed by atoms with E-state index in [2.05, 4.69) is 0 Å². The first-order valence-corrected chi connectivity index (χ1v) is 7.98. The van der Waals surface area contributed by atoms with Crippen LogP contribution in [0.2, 0.25) is 0 Å². The third kappa shape index (κ3) is 3.58. The van der Waals surface area contributed by atoms with Crippen LogP contribution in [0.4, 0.5) is 10.1 Å². The predicted octanol–water partition coefficient (Wildman–Crippen LogP) is 2.66. The summed E-state index contributed by atoms with van der Waals surface area (Å²) in [6.07, 6.45) is 1.07. The topological polar surface area (TPSA) is 61.2 Å². The molecule has 21 heavy (non-hydrogen) atoms. The van der Waals surface area contributed by atoms with Gasteiger partial charge in [-0.1, -0.05) is 30.3 Å². The van der Waals surface area contributed by atoms with Gasteiger partial charge in [0.15, 0.2) is 0 Å². The summed E-state index contributed by atoms with van der Waals surface area (Å²) in [6.45, 7) is 0.121. The molecule has 4 nitrogen and oxygen atoms in total. The van der Waals surface area contributed by atoms with Gasteiger partial charge in [0.05, 0.1) is 24.1 Å². The smallest absolute Gasteiger partial charge is 0.232 e. The maximum Gasteiger partial charge on any atom is 0.232 e. The first-order valence-electron chi connectivity index (χ1n) is 6.13. The summed E-state index contributed by atoms with van der Waals surface area (Å²) in [6, 6.07) is 14.4. The third-order valence-electron chi connectivity index (χ3n) is 2.93. The highest BCUT2D eigenvalue weighted by molar-refractivity contribution is 7.92. The van der Waals surface area contributed by atoms with Gasteiger partial charge in [0.25, 0.3) is 0 Å². The number of anilines is 1. The van der Waals surface area contributed by atoms with Crippen molar-refractivity contribution in [1.82, 2.24) is 0 Å². The minimum atomic E-state index is -3.55. The molecular formula is C15H13FN2O2S. The Bertz CT molecular complexity index is 783. The van der Waals surface area contributed by atoms with Crippen LogP contribution in [0.15, 0.2) is 48.5 Å². The second-order valence-corrected chi connectivity index (χ2v) is 6.44. The van der Waals surface area contributed by atoms with E-state index in [1.807, 2.05) is 6.07 Å². The van der Waals surface area contributed by atoms with Gasteiger partial charge in [0.2, 0.25) is 10.0 Å². The van der Waals surface area contributed by atoms with Crippen molar-refractivity contribution in [1.29, 1.82) is 5.26 Å². The highest BCUT2D eigenvalue weighted by atomic mass is 32.2. The summed E-state index contributed by atoms with van der Waals surface area (Å²) < 4.78 is 38.4. The molecule has 0 amide bonds. The molecule has 108 valence electrons. The van der Waals surface area contributed by atoms with Crippen molar-refractivity contribution in [3.63, 3.8) is 0 Å². The van der Waals surface area contributed by atoms with E-state index in [4.69, 9.17) is 5.26 Å². The van der Waals surface area contributed by atoms with Crippen LogP contribution in [0, 0.1) is 17.1 Å². The summed E-state index contributed by atoms with van der Waals surface area (Å²) in [7, 11) is -3.55. The van der Waals surface area contributed by atoms with E-state index in [-0.39, 0.29) is 17.8 Å². The van der Waals surface area contributed by atoms with Gasteiger partial charge < -0.3 is 0 Å². The molecule has 0 radical (unpaired) electrons. The van der Waals surface area contributed by atoms with Crippen LogP contribution in [0.1, 0.15) is 11.1 Å². The predicted molar refractivity (Wildman–Crippen MR) is 78.6 cm³/mol. The van der Waals surface area contributed by atoms with Crippen molar-refractivity contribution in [3.05, 3.63) is 65.5 Å². The summed E-state index contributed by atoms with van der Waals surface area (Å²) >= 11 is 0. The Balaban J connectivity index is 2.45. The van der Waals surface area contributed by atoms with Gasteiger partial charge in [-0.15, -0.1) is 0 Å². The van der Waals surface area contributed by atoms with Gasteiger partial charge in [0.1, 0.15) is 11.9 Å². The summed E-state index contributed by atoms with van der Waals surface area (Å²) in [5, 5.41) is 8.86. The highest BCUT2D eigenvalue weighted by Crippen LogP contribution is 2.23. The second kappa shape index (κ2) is 5.94. The molecule has 0 saturated heterocycles. The van der Waals surface area contributed by atoms with Gasteiger partial charge >= 0.3 is 0 Å². The standard InChI is InChI=1S/C15H13FN2O2S/c1-21(19,20)18(11-12-5-3-2-4-6-12)14-7-8-15(16)13(9-14)10-17/h2-9H,11H2,1H3. The molecule has 0 fully saturated rings. The summed E-state index contributed by atoms with van der Waals surface area (Å²) in [5.74, 6) is -0.672. The second-order valence-electron chi connectivity index (χ2n) is 4.53. The van der Waals surface area contributed by atoms with Gasteiger partial charge in [0, 0.05) is 0 Å². The number of hydrogen-bond donors (Lipinski definition) is 0. The fourth-order valence-corrected chi connectivity index (χ4v) is 2.78. The van der Waals surface area contributed by atoms with Gasteiger partial charge in [-0.2, -0.15) is 5.26 Å². The van der Waals surface area contributed by atoms with E-state index >= 15 is 0 Å². The lowest BCUT2D eigenvalue weighted by Crippen LogP contribution is -2.29. The van der Waals surface area contributed by atoms with Crippen molar-refractivity contribution in [2.45, 2.75) is 6.54 Å². The quantitative estimate of drug-likeness (QED) is 0.872. The lowest BCUT2D eigenvalue weighted by Gasteiger charge is -2.22. The highest BCUT2D eigenvalue weighted by Gasteiger charge is 2.19. The zero-order chi connectivity index (χ0) is 15.5. The van der Waals surface area contributed by atoms with Crippen molar-refractivity contribution < 1.29 is 12.8 Å². The van der Waals surface area contributed by atoms with E-state index < -0.39 is 15.8 Å². The van der Waals surface area contributed by atoms with Crippen molar-refractivity contribution >= 4 is 15.7 Å². The van der Waals surface area contributed by atoms with Gasteiger partial charge in [-0.05, 0) is 23.8 Å². The Morgan fingerprint density at radius 1 is 1.19 bits per heavy atom. The average molecular weight is 304 g/mol. The van der Waals surface area contributed by atoms with E-state index in [1.54, 1.807) is 30.3 Å². The number of benzene rings is 2. The Morgan fingerprint density at radius 2 is 1.86 bits per heavy atom. The van der Waals surface area contributed by atoms with Crippen LogP contribution >= 0.6 is 0 Å². The molecule has 0 bridgehead atoms. The zero-order valence-corrected chi connectivity index (χ0v) is 12.1. The summed E-state index contributed by atoms with van der Waals surface area (Å²) in [4.78, 5) is 0. The van der Waals surface area contributed by atoms with Crippen LogP contribution in [0.5, 0.6) is 0 Å². The molecule has 0 spiro atoms. The molecule has 2 rings (SSSR count). The Hall–Kier alpha value is -2.39. The molecule has 0 heterocycles.